The third kappa shape index (κ3) is 2.89. The van der Waals surface area contributed by atoms with Gasteiger partial charge in [-0.2, -0.15) is 0 Å². The van der Waals surface area contributed by atoms with E-state index in [1.54, 1.807) is 0 Å². The molecule has 2 aliphatic carbocycles. The molecule has 0 radical (unpaired) electrons. The summed E-state index contributed by atoms with van der Waals surface area (Å²) in [7, 11) is 2.92. The Kier molecular flexibility index (Phi) is 4.66. The van der Waals surface area contributed by atoms with E-state index in [1.807, 2.05) is 6.07 Å². The first-order valence-electron chi connectivity index (χ1n) is 8.38. The Labute approximate surface area is 125 Å². The molecule has 0 aliphatic heterocycles. The molecule has 110 valence electrons. The summed E-state index contributed by atoms with van der Waals surface area (Å²) in [4.78, 5) is 0. The van der Waals surface area contributed by atoms with E-state index in [1.165, 1.54) is 80.6 Å². The highest BCUT2D eigenvalue weighted by molar-refractivity contribution is 7.27. The summed E-state index contributed by atoms with van der Waals surface area (Å²) < 4.78 is 0. The zero-order valence-corrected chi connectivity index (χ0v) is 13.6. The van der Waals surface area contributed by atoms with Gasteiger partial charge in [0.1, 0.15) is 5.75 Å². The Morgan fingerprint density at radius 1 is 0.750 bits per heavy atom. The maximum absolute atomic E-state index is 10.5. The number of phenolic OH excluding ortho intramolecular Hbond substituents is 1. The minimum absolute atomic E-state index is 0.559. The van der Waals surface area contributed by atoms with E-state index in [2.05, 4.69) is 15.3 Å². The first kappa shape index (κ1) is 14.4. The molecule has 2 saturated carbocycles. The van der Waals surface area contributed by atoms with Crippen LogP contribution < -0.4 is 5.30 Å². The van der Waals surface area contributed by atoms with Crippen molar-refractivity contribution in [3.8, 4) is 5.75 Å². The van der Waals surface area contributed by atoms with Crippen LogP contribution in [0.4, 0.5) is 0 Å². The van der Waals surface area contributed by atoms with Gasteiger partial charge in [0.15, 0.2) is 0 Å². The highest BCUT2D eigenvalue weighted by Gasteiger charge is 2.27. The SMILES string of the molecule is Oc1ccc(P)c(C2CCCCC2)c1C1CCCCC1. The quantitative estimate of drug-likeness (QED) is 0.761. The number of aromatic hydroxyl groups is 1. The maximum atomic E-state index is 10.5. The smallest absolute Gasteiger partial charge is 0.119 e. The Balaban J connectivity index is 1.99. The number of hydrogen-bond donors (Lipinski definition) is 1. The van der Waals surface area contributed by atoms with Crippen molar-refractivity contribution in [2.45, 2.75) is 76.0 Å². The van der Waals surface area contributed by atoms with E-state index in [0.29, 0.717) is 17.6 Å². The van der Waals surface area contributed by atoms with Crippen LogP contribution in [0.5, 0.6) is 5.75 Å². The van der Waals surface area contributed by atoms with Crippen LogP contribution in [0.3, 0.4) is 0 Å². The van der Waals surface area contributed by atoms with Gasteiger partial charge in [-0.1, -0.05) is 44.6 Å². The lowest BCUT2D eigenvalue weighted by molar-refractivity contribution is 0.398. The molecule has 0 bridgehead atoms. The van der Waals surface area contributed by atoms with E-state index < -0.39 is 0 Å². The van der Waals surface area contributed by atoms with Crippen molar-refractivity contribution < 1.29 is 5.11 Å². The molecule has 1 N–H and O–H groups in total. The topological polar surface area (TPSA) is 20.2 Å². The van der Waals surface area contributed by atoms with Gasteiger partial charge in [-0.15, -0.1) is 9.24 Å². The third-order valence-electron chi connectivity index (χ3n) is 5.32. The molecule has 2 heteroatoms. The molecule has 1 aromatic carbocycles. The summed E-state index contributed by atoms with van der Waals surface area (Å²) in [6, 6.07) is 4.01. The number of benzene rings is 1. The van der Waals surface area contributed by atoms with Gasteiger partial charge in [0, 0.05) is 5.56 Å². The first-order chi connectivity index (χ1) is 9.77. The molecule has 2 fully saturated rings. The monoisotopic (exact) mass is 290 g/mol. The summed E-state index contributed by atoms with van der Waals surface area (Å²) >= 11 is 0. The largest absolute Gasteiger partial charge is 0.508 e. The average molecular weight is 290 g/mol. The van der Waals surface area contributed by atoms with Crippen LogP contribution in [-0.2, 0) is 0 Å². The second kappa shape index (κ2) is 6.48. The van der Waals surface area contributed by atoms with Crippen LogP contribution in [0.25, 0.3) is 0 Å². The normalized spacial score (nSPS) is 22.1. The van der Waals surface area contributed by atoms with Crippen molar-refractivity contribution in [2.75, 3.05) is 0 Å². The fraction of sp³-hybridized carbons (Fsp3) is 0.667. The predicted octanol–water partition coefficient (Wildman–Crippen LogP) is 4.99. The Morgan fingerprint density at radius 3 is 1.80 bits per heavy atom. The summed E-state index contributed by atoms with van der Waals surface area (Å²) in [6.07, 6.45) is 13.3. The molecule has 2 aliphatic rings. The highest BCUT2D eigenvalue weighted by Crippen LogP contribution is 2.44. The molecular weight excluding hydrogens is 263 g/mol. The van der Waals surface area contributed by atoms with E-state index >= 15 is 0 Å². The highest BCUT2D eigenvalue weighted by atomic mass is 31.0. The molecule has 0 aromatic heterocycles. The molecule has 1 unspecified atom stereocenters. The van der Waals surface area contributed by atoms with E-state index in [0.717, 1.165) is 0 Å². The van der Waals surface area contributed by atoms with Crippen LogP contribution in [0.1, 0.15) is 87.2 Å². The third-order valence-corrected chi connectivity index (χ3v) is 5.83. The second-order valence-corrected chi connectivity index (χ2v) is 7.29. The van der Waals surface area contributed by atoms with Crippen molar-refractivity contribution in [2.24, 2.45) is 0 Å². The molecule has 1 nitrogen and oxygen atoms in total. The number of rotatable bonds is 2. The molecule has 0 saturated heterocycles. The van der Waals surface area contributed by atoms with Crippen LogP contribution in [-0.4, -0.2) is 5.11 Å². The standard InChI is InChI=1S/C18H27OP/c19-15-11-12-16(20)18(14-9-5-2-6-10-14)17(15)13-7-3-1-4-8-13/h11-14,19H,1-10,20H2. The van der Waals surface area contributed by atoms with Crippen LogP contribution in [0.15, 0.2) is 12.1 Å². The van der Waals surface area contributed by atoms with Crippen LogP contribution in [0.2, 0.25) is 0 Å². The Morgan fingerprint density at radius 2 is 1.25 bits per heavy atom. The van der Waals surface area contributed by atoms with Gasteiger partial charge in [-0.25, -0.2) is 0 Å². The minimum Gasteiger partial charge on any atom is -0.508 e. The van der Waals surface area contributed by atoms with Crippen LogP contribution in [0, 0.1) is 0 Å². The molecular formula is C18H27OP. The van der Waals surface area contributed by atoms with E-state index in [-0.39, 0.29) is 0 Å². The van der Waals surface area contributed by atoms with Crippen molar-refractivity contribution in [3.05, 3.63) is 23.3 Å². The summed E-state index contributed by atoms with van der Waals surface area (Å²) in [5, 5.41) is 11.8. The molecule has 0 heterocycles. The fourth-order valence-electron chi connectivity index (χ4n) is 4.31. The lowest BCUT2D eigenvalue weighted by atomic mass is 9.75. The summed E-state index contributed by atoms with van der Waals surface area (Å²) in [5.74, 6) is 1.84. The van der Waals surface area contributed by atoms with Gasteiger partial charge in [0.05, 0.1) is 0 Å². The van der Waals surface area contributed by atoms with Gasteiger partial charge in [-0.05, 0) is 54.5 Å². The molecule has 1 atom stereocenters. The Hall–Kier alpha value is -0.550. The molecule has 3 rings (SSSR count). The van der Waals surface area contributed by atoms with E-state index in [4.69, 9.17) is 0 Å². The molecule has 1 aromatic rings. The van der Waals surface area contributed by atoms with E-state index in [9.17, 15) is 5.11 Å². The minimum atomic E-state index is 0.559. The fourth-order valence-corrected chi connectivity index (χ4v) is 4.80. The van der Waals surface area contributed by atoms with Crippen molar-refractivity contribution in [1.82, 2.24) is 0 Å². The van der Waals surface area contributed by atoms with Gasteiger partial charge in [-0.3, -0.25) is 0 Å². The molecule has 0 spiro atoms. The lowest BCUT2D eigenvalue weighted by Gasteiger charge is -2.31. The summed E-state index contributed by atoms with van der Waals surface area (Å²) in [6.45, 7) is 0. The zero-order chi connectivity index (χ0) is 13.9. The average Bonchev–Trinajstić information content (AvgIpc) is 2.51. The van der Waals surface area contributed by atoms with Gasteiger partial charge >= 0.3 is 0 Å². The van der Waals surface area contributed by atoms with Gasteiger partial charge in [0.2, 0.25) is 0 Å². The zero-order valence-electron chi connectivity index (χ0n) is 12.4. The van der Waals surface area contributed by atoms with Gasteiger partial charge < -0.3 is 5.11 Å². The second-order valence-electron chi connectivity index (χ2n) is 6.67. The van der Waals surface area contributed by atoms with Gasteiger partial charge in [0.25, 0.3) is 0 Å². The molecule has 0 amide bonds. The van der Waals surface area contributed by atoms with Crippen molar-refractivity contribution >= 4 is 14.5 Å². The summed E-state index contributed by atoms with van der Waals surface area (Å²) in [5.41, 5.74) is 2.80. The van der Waals surface area contributed by atoms with Crippen molar-refractivity contribution in [1.29, 1.82) is 0 Å². The predicted molar refractivity (Wildman–Crippen MR) is 89.1 cm³/mol. The van der Waals surface area contributed by atoms with Crippen LogP contribution >= 0.6 is 9.24 Å². The maximum Gasteiger partial charge on any atom is 0.119 e. The Bertz CT molecular complexity index is 414. The van der Waals surface area contributed by atoms with Crippen molar-refractivity contribution in [3.63, 3.8) is 0 Å². The number of phenols is 1. The first-order valence-corrected chi connectivity index (χ1v) is 8.96. The molecule has 20 heavy (non-hydrogen) atoms. The lowest BCUT2D eigenvalue weighted by Crippen LogP contribution is -2.18. The number of hydrogen-bond acceptors (Lipinski definition) is 1.